The molecule has 0 radical (unpaired) electrons. The highest BCUT2D eigenvalue weighted by atomic mass is 35.5. The number of thioether (sulfide) groups is 1. The molecule has 0 aliphatic carbocycles. The van der Waals surface area contributed by atoms with Crippen molar-refractivity contribution in [3.8, 4) is 0 Å². The van der Waals surface area contributed by atoms with Crippen LogP contribution in [0.15, 0.2) is 42.5 Å². The summed E-state index contributed by atoms with van der Waals surface area (Å²) in [5.74, 6) is 0.577. The summed E-state index contributed by atoms with van der Waals surface area (Å²) >= 11 is 7.22. The first-order valence-corrected chi connectivity index (χ1v) is 15.4. The van der Waals surface area contributed by atoms with Gasteiger partial charge in [0.05, 0.1) is 11.4 Å². The fourth-order valence-corrected chi connectivity index (χ4v) is 3.69. The number of nitrogens with one attached hydrogen (secondary N) is 2. The van der Waals surface area contributed by atoms with E-state index in [0.717, 1.165) is 35.6 Å². The van der Waals surface area contributed by atoms with Crippen LogP contribution in [0.1, 0.15) is 59.1 Å². The van der Waals surface area contributed by atoms with Crippen molar-refractivity contribution in [3.05, 3.63) is 53.6 Å². The second-order valence-corrected chi connectivity index (χ2v) is 10.6. The normalized spacial score (nSPS) is 10.1. The summed E-state index contributed by atoms with van der Waals surface area (Å²) in [4.78, 5) is 26.9. The number of rotatable bonds is 11. The van der Waals surface area contributed by atoms with E-state index in [2.05, 4.69) is 43.2 Å². The number of halogens is 1. The maximum atomic E-state index is 12.8. The van der Waals surface area contributed by atoms with Crippen molar-refractivity contribution in [1.29, 1.82) is 0 Å². The zero-order chi connectivity index (χ0) is 29.1. The largest absolute Gasteiger partial charge is 0.449 e. The van der Waals surface area contributed by atoms with Gasteiger partial charge in [0, 0.05) is 25.2 Å². The van der Waals surface area contributed by atoms with E-state index in [4.69, 9.17) is 16.3 Å². The van der Waals surface area contributed by atoms with E-state index < -0.39 is 0 Å². The van der Waals surface area contributed by atoms with Gasteiger partial charge in [-0.25, -0.2) is 4.79 Å². The lowest BCUT2D eigenvalue weighted by Gasteiger charge is -2.30. The SMILES string of the molecule is CC.CSC.Cc1ccc(NC(=O)Nc2cc(CCC(=O)OCCl)ccc2N(CC(C)C)CC(C)C)cc1. The van der Waals surface area contributed by atoms with Crippen LogP contribution in [0.5, 0.6) is 0 Å². The maximum Gasteiger partial charge on any atom is 0.323 e. The number of amides is 2. The van der Waals surface area contributed by atoms with E-state index >= 15 is 0 Å². The Balaban J connectivity index is 0.00000255. The fourth-order valence-electron chi connectivity index (χ4n) is 3.57. The number of nitrogens with zero attached hydrogens (tertiary/aromatic N) is 1. The smallest absolute Gasteiger partial charge is 0.323 e. The zero-order valence-corrected chi connectivity index (χ0v) is 26.3. The van der Waals surface area contributed by atoms with E-state index in [1.165, 1.54) is 0 Å². The number of ether oxygens (including phenoxy) is 1. The average molecular weight is 566 g/mol. The van der Waals surface area contributed by atoms with E-state index in [0.29, 0.717) is 23.9 Å². The van der Waals surface area contributed by atoms with Gasteiger partial charge in [0.1, 0.15) is 0 Å². The van der Waals surface area contributed by atoms with Gasteiger partial charge in [-0.15, -0.1) is 0 Å². The molecule has 6 nitrogen and oxygen atoms in total. The Labute approximate surface area is 240 Å². The van der Waals surface area contributed by atoms with Crippen LogP contribution in [-0.2, 0) is 16.0 Å². The van der Waals surface area contributed by atoms with Gasteiger partial charge in [-0.05, 0) is 67.5 Å². The van der Waals surface area contributed by atoms with Gasteiger partial charge in [-0.3, -0.25) is 4.79 Å². The fraction of sp³-hybridized carbons (Fsp3) is 0.533. The highest BCUT2D eigenvalue weighted by Gasteiger charge is 2.17. The van der Waals surface area contributed by atoms with Crippen LogP contribution in [0.4, 0.5) is 21.9 Å². The molecule has 0 aromatic heterocycles. The van der Waals surface area contributed by atoms with Crippen LogP contribution >= 0.6 is 23.4 Å². The predicted molar refractivity (Wildman–Crippen MR) is 168 cm³/mol. The molecule has 0 saturated heterocycles. The van der Waals surface area contributed by atoms with Gasteiger partial charge >= 0.3 is 12.0 Å². The van der Waals surface area contributed by atoms with E-state index in [1.54, 1.807) is 11.8 Å². The lowest BCUT2D eigenvalue weighted by atomic mass is 10.1. The number of benzene rings is 2. The first kappa shape index (κ1) is 35.6. The van der Waals surface area contributed by atoms with Crippen molar-refractivity contribution < 1.29 is 14.3 Å². The molecule has 0 unspecified atom stereocenters. The molecule has 0 fully saturated rings. The van der Waals surface area contributed by atoms with Crippen molar-refractivity contribution >= 4 is 52.4 Å². The van der Waals surface area contributed by atoms with E-state index in [9.17, 15) is 9.59 Å². The number of aryl methyl sites for hydroxylation is 2. The molecule has 0 aliphatic heterocycles. The summed E-state index contributed by atoms with van der Waals surface area (Å²) in [6.07, 6.45) is 4.81. The molecule has 2 rings (SSSR count). The average Bonchev–Trinajstić information content (AvgIpc) is 2.85. The molecule has 0 bridgehead atoms. The Hall–Kier alpha value is -2.38. The number of carbonyl (C=O) groups is 2. The van der Waals surface area contributed by atoms with Crippen LogP contribution in [0, 0.1) is 18.8 Å². The molecule has 38 heavy (non-hydrogen) atoms. The molecular formula is C30H48ClN3O3S. The topological polar surface area (TPSA) is 70.7 Å². The second kappa shape index (κ2) is 20.6. The summed E-state index contributed by atoms with van der Waals surface area (Å²) in [6, 6.07) is 13.1. The third kappa shape index (κ3) is 15.1. The minimum absolute atomic E-state index is 0.150. The molecule has 8 heteroatoms. The number of carbonyl (C=O) groups excluding carboxylic acids is 2. The molecule has 2 N–H and O–H groups in total. The van der Waals surface area contributed by atoms with Crippen LogP contribution in [0.25, 0.3) is 0 Å². The van der Waals surface area contributed by atoms with Crippen LogP contribution < -0.4 is 15.5 Å². The molecule has 0 spiro atoms. The number of alkyl halides is 1. The number of urea groups is 1. The van der Waals surface area contributed by atoms with E-state index in [1.807, 2.05) is 75.7 Å². The second-order valence-electron chi connectivity index (χ2n) is 9.52. The van der Waals surface area contributed by atoms with Crippen molar-refractivity contribution in [3.63, 3.8) is 0 Å². The summed E-state index contributed by atoms with van der Waals surface area (Å²) in [6.45, 7) is 16.5. The molecule has 2 aromatic rings. The van der Waals surface area contributed by atoms with Crippen LogP contribution in [0.3, 0.4) is 0 Å². The summed E-state index contributed by atoms with van der Waals surface area (Å²) in [5, 5.41) is 5.92. The summed E-state index contributed by atoms with van der Waals surface area (Å²) in [7, 11) is 0. The van der Waals surface area contributed by atoms with Crippen molar-refractivity contribution in [2.45, 2.75) is 61.3 Å². The Bertz CT molecular complexity index is 927. The molecule has 2 aromatic carbocycles. The quantitative estimate of drug-likeness (QED) is 0.211. The Kier molecular flexibility index (Phi) is 19.3. The molecule has 0 heterocycles. The third-order valence-corrected chi connectivity index (χ3v) is 5.07. The molecule has 214 valence electrons. The van der Waals surface area contributed by atoms with Crippen LogP contribution in [-0.4, -0.2) is 43.7 Å². The molecule has 0 saturated carbocycles. The predicted octanol–water partition coefficient (Wildman–Crippen LogP) is 8.43. The van der Waals surface area contributed by atoms with Gasteiger partial charge in [0.2, 0.25) is 0 Å². The lowest BCUT2D eigenvalue weighted by Crippen LogP contribution is -2.32. The molecule has 2 amide bonds. The number of esters is 1. The number of hydrogen-bond donors (Lipinski definition) is 2. The Morgan fingerprint density at radius 3 is 2.00 bits per heavy atom. The minimum Gasteiger partial charge on any atom is -0.449 e. The van der Waals surface area contributed by atoms with Crippen LogP contribution in [0.2, 0.25) is 0 Å². The minimum atomic E-state index is -0.345. The Morgan fingerprint density at radius 2 is 1.50 bits per heavy atom. The highest BCUT2D eigenvalue weighted by molar-refractivity contribution is 7.97. The maximum absolute atomic E-state index is 12.8. The number of hydrogen-bond acceptors (Lipinski definition) is 5. The van der Waals surface area contributed by atoms with Crippen molar-refractivity contribution in [2.75, 3.05) is 47.2 Å². The van der Waals surface area contributed by atoms with Gasteiger partial charge in [0.25, 0.3) is 0 Å². The van der Waals surface area contributed by atoms with Gasteiger partial charge in [-0.2, -0.15) is 11.8 Å². The van der Waals surface area contributed by atoms with Crippen molar-refractivity contribution in [2.24, 2.45) is 11.8 Å². The summed E-state index contributed by atoms with van der Waals surface area (Å²) < 4.78 is 4.82. The Morgan fingerprint density at radius 1 is 0.947 bits per heavy atom. The van der Waals surface area contributed by atoms with Gasteiger partial charge in [-0.1, -0.05) is 76.9 Å². The highest BCUT2D eigenvalue weighted by Crippen LogP contribution is 2.30. The van der Waals surface area contributed by atoms with Gasteiger partial charge < -0.3 is 20.3 Å². The molecule has 0 atom stereocenters. The molecular weight excluding hydrogens is 518 g/mol. The first-order chi connectivity index (χ1) is 18.1. The third-order valence-electron chi connectivity index (χ3n) is 4.96. The zero-order valence-electron chi connectivity index (χ0n) is 24.7. The van der Waals surface area contributed by atoms with Crippen molar-refractivity contribution in [1.82, 2.24) is 0 Å². The molecule has 0 aliphatic rings. The van der Waals surface area contributed by atoms with Gasteiger partial charge in [0.15, 0.2) is 6.07 Å². The monoisotopic (exact) mass is 565 g/mol. The lowest BCUT2D eigenvalue weighted by molar-refractivity contribution is -0.141. The summed E-state index contributed by atoms with van der Waals surface area (Å²) in [5.41, 5.74) is 4.46. The standard InChI is InChI=1S/C26H36ClN3O3.C2H6S.C2H6/c1-18(2)15-30(16-19(3)4)24-12-8-21(9-13-25(31)33-17-27)14-23(24)29-26(32)28-22-10-6-20(5)7-11-22;1-3-2;1-2/h6-8,10-12,14,18-19H,9,13,15-17H2,1-5H3,(H2,28,29,32);1-2H3;1-2H3. The number of anilines is 3. The first-order valence-electron chi connectivity index (χ1n) is 13.2. The van der Waals surface area contributed by atoms with E-state index in [-0.39, 0.29) is 24.5 Å².